The van der Waals surface area contributed by atoms with E-state index in [1.807, 2.05) is 6.07 Å². The van der Waals surface area contributed by atoms with Gasteiger partial charge in [-0.25, -0.2) is 4.68 Å². The lowest BCUT2D eigenvalue weighted by Crippen LogP contribution is -2.14. The molecule has 0 unspecified atom stereocenters. The molecule has 3 rings (SSSR count). The Bertz CT molecular complexity index is 836. The van der Waals surface area contributed by atoms with Gasteiger partial charge in [0.2, 0.25) is 0 Å². The molecule has 8 heteroatoms. The van der Waals surface area contributed by atoms with Crippen LogP contribution in [0, 0.1) is 0 Å². The van der Waals surface area contributed by atoms with Gasteiger partial charge in [-0.3, -0.25) is 4.79 Å². The molecular weight excluding hydrogens is 318 g/mol. The standard InChI is InChI=1S/C15H12ClN5O2/c1-23-14-5-3-2-4-13(14)18-15(22)11-8-10(6-7-12(11)16)21-9-17-19-20-21/h2-9H,1H3,(H,18,22). The molecule has 2 aromatic carbocycles. The molecule has 3 aromatic rings. The van der Waals surface area contributed by atoms with E-state index >= 15 is 0 Å². The number of amides is 1. The van der Waals surface area contributed by atoms with Gasteiger partial charge in [0.1, 0.15) is 12.1 Å². The lowest BCUT2D eigenvalue weighted by atomic mass is 10.1. The van der Waals surface area contributed by atoms with Crippen LogP contribution in [0.2, 0.25) is 5.02 Å². The normalized spacial score (nSPS) is 10.3. The summed E-state index contributed by atoms with van der Waals surface area (Å²) in [6.07, 6.45) is 1.44. The third-order valence-corrected chi connectivity index (χ3v) is 3.49. The van der Waals surface area contributed by atoms with E-state index in [1.165, 1.54) is 18.1 Å². The zero-order valence-electron chi connectivity index (χ0n) is 12.1. The molecule has 23 heavy (non-hydrogen) atoms. The lowest BCUT2D eigenvalue weighted by Gasteiger charge is -2.11. The maximum atomic E-state index is 12.5. The number of nitrogens with zero attached hydrogens (tertiary/aromatic N) is 4. The van der Waals surface area contributed by atoms with Crippen LogP contribution < -0.4 is 10.1 Å². The van der Waals surface area contributed by atoms with E-state index < -0.39 is 0 Å². The fraction of sp³-hybridized carbons (Fsp3) is 0.0667. The number of hydrogen-bond acceptors (Lipinski definition) is 5. The summed E-state index contributed by atoms with van der Waals surface area (Å²) in [5.74, 6) is 0.211. The first-order valence-corrected chi connectivity index (χ1v) is 7.04. The fourth-order valence-electron chi connectivity index (χ4n) is 2.05. The summed E-state index contributed by atoms with van der Waals surface area (Å²) in [6.45, 7) is 0. The molecule has 0 saturated carbocycles. The van der Waals surface area contributed by atoms with Gasteiger partial charge in [0.05, 0.1) is 29.1 Å². The van der Waals surface area contributed by atoms with Gasteiger partial charge < -0.3 is 10.1 Å². The number of para-hydroxylation sites is 2. The summed E-state index contributed by atoms with van der Waals surface area (Å²) < 4.78 is 6.66. The van der Waals surface area contributed by atoms with Crippen molar-refractivity contribution >= 4 is 23.2 Å². The van der Waals surface area contributed by atoms with E-state index in [9.17, 15) is 4.79 Å². The number of anilines is 1. The number of carbonyl (C=O) groups excluding carboxylic acids is 1. The maximum absolute atomic E-state index is 12.5. The minimum Gasteiger partial charge on any atom is -0.495 e. The second-order valence-corrected chi connectivity index (χ2v) is 4.98. The quantitative estimate of drug-likeness (QED) is 0.795. The Morgan fingerprint density at radius 1 is 1.26 bits per heavy atom. The Morgan fingerprint density at radius 2 is 2.09 bits per heavy atom. The van der Waals surface area contributed by atoms with Gasteiger partial charge in [0.25, 0.3) is 5.91 Å². The van der Waals surface area contributed by atoms with Gasteiger partial charge in [-0.1, -0.05) is 23.7 Å². The van der Waals surface area contributed by atoms with E-state index in [-0.39, 0.29) is 5.91 Å². The summed E-state index contributed by atoms with van der Waals surface area (Å²) in [7, 11) is 1.54. The molecule has 0 aliphatic carbocycles. The Morgan fingerprint density at radius 3 is 2.83 bits per heavy atom. The minimum absolute atomic E-state index is 0.311. The number of nitrogens with one attached hydrogen (secondary N) is 1. The van der Waals surface area contributed by atoms with E-state index in [0.717, 1.165) is 0 Å². The highest BCUT2D eigenvalue weighted by molar-refractivity contribution is 6.34. The van der Waals surface area contributed by atoms with Gasteiger partial charge in [0.15, 0.2) is 0 Å². The molecule has 1 amide bonds. The first kappa shape index (κ1) is 15.0. The largest absolute Gasteiger partial charge is 0.495 e. The summed E-state index contributed by atoms with van der Waals surface area (Å²) in [6, 6.07) is 12.1. The molecule has 0 aliphatic heterocycles. The van der Waals surface area contributed by atoms with Gasteiger partial charge >= 0.3 is 0 Å². The van der Waals surface area contributed by atoms with Crippen LogP contribution in [0.25, 0.3) is 5.69 Å². The van der Waals surface area contributed by atoms with E-state index in [2.05, 4.69) is 20.8 Å². The number of methoxy groups -OCH3 is 1. The number of rotatable bonds is 4. The van der Waals surface area contributed by atoms with Crippen LogP contribution in [0.15, 0.2) is 48.8 Å². The predicted octanol–water partition coefficient (Wildman–Crippen LogP) is 2.58. The lowest BCUT2D eigenvalue weighted by molar-refractivity contribution is 0.102. The highest BCUT2D eigenvalue weighted by atomic mass is 35.5. The highest BCUT2D eigenvalue weighted by Crippen LogP contribution is 2.26. The van der Waals surface area contributed by atoms with E-state index in [4.69, 9.17) is 16.3 Å². The van der Waals surface area contributed by atoms with Crippen molar-refractivity contribution in [3.8, 4) is 11.4 Å². The monoisotopic (exact) mass is 329 g/mol. The summed E-state index contributed by atoms with van der Waals surface area (Å²) in [5, 5.41) is 14.0. The molecule has 0 aliphatic rings. The smallest absolute Gasteiger partial charge is 0.257 e. The molecule has 7 nitrogen and oxygen atoms in total. The average molecular weight is 330 g/mol. The molecule has 1 N–H and O–H groups in total. The predicted molar refractivity (Wildman–Crippen MR) is 85.1 cm³/mol. The van der Waals surface area contributed by atoms with Crippen molar-refractivity contribution in [3.05, 3.63) is 59.4 Å². The SMILES string of the molecule is COc1ccccc1NC(=O)c1cc(-n2cnnn2)ccc1Cl. The number of ether oxygens (including phenoxy) is 1. The highest BCUT2D eigenvalue weighted by Gasteiger charge is 2.14. The van der Waals surface area contributed by atoms with Crippen LogP contribution in [0.5, 0.6) is 5.75 Å². The van der Waals surface area contributed by atoms with Crippen molar-refractivity contribution in [1.82, 2.24) is 20.2 Å². The number of aromatic nitrogens is 4. The van der Waals surface area contributed by atoms with Crippen molar-refractivity contribution in [2.24, 2.45) is 0 Å². The number of benzene rings is 2. The zero-order chi connectivity index (χ0) is 16.2. The van der Waals surface area contributed by atoms with Crippen LogP contribution >= 0.6 is 11.6 Å². The second kappa shape index (κ2) is 6.45. The van der Waals surface area contributed by atoms with E-state index in [1.54, 1.807) is 36.4 Å². The topological polar surface area (TPSA) is 81.9 Å². The first-order chi connectivity index (χ1) is 11.2. The van der Waals surface area contributed by atoms with Gasteiger partial charge in [-0.15, -0.1) is 5.10 Å². The third-order valence-electron chi connectivity index (χ3n) is 3.16. The van der Waals surface area contributed by atoms with Gasteiger partial charge in [0, 0.05) is 0 Å². The summed E-state index contributed by atoms with van der Waals surface area (Å²) in [5.41, 5.74) is 1.50. The van der Waals surface area contributed by atoms with E-state index in [0.29, 0.717) is 27.7 Å². The number of halogens is 1. The van der Waals surface area contributed by atoms with Crippen LogP contribution in [0.1, 0.15) is 10.4 Å². The molecule has 0 bridgehead atoms. The molecular formula is C15H12ClN5O2. The Hall–Kier alpha value is -2.93. The van der Waals surface area contributed by atoms with Crippen molar-refractivity contribution in [1.29, 1.82) is 0 Å². The third kappa shape index (κ3) is 3.14. The molecule has 0 radical (unpaired) electrons. The van der Waals surface area contributed by atoms with Crippen molar-refractivity contribution < 1.29 is 9.53 Å². The summed E-state index contributed by atoms with van der Waals surface area (Å²) >= 11 is 6.14. The van der Waals surface area contributed by atoms with Gasteiger partial charge in [-0.2, -0.15) is 0 Å². The molecule has 0 saturated heterocycles. The average Bonchev–Trinajstić information content (AvgIpc) is 3.10. The summed E-state index contributed by atoms with van der Waals surface area (Å²) in [4.78, 5) is 12.5. The van der Waals surface area contributed by atoms with Crippen molar-refractivity contribution in [2.75, 3.05) is 12.4 Å². The van der Waals surface area contributed by atoms with Crippen molar-refractivity contribution in [2.45, 2.75) is 0 Å². The number of carbonyl (C=O) groups is 1. The van der Waals surface area contributed by atoms with Crippen LogP contribution in [-0.4, -0.2) is 33.2 Å². The zero-order valence-corrected chi connectivity index (χ0v) is 12.9. The maximum Gasteiger partial charge on any atom is 0.257 e. The molecule has 1 aromatic heterocycles. The molecule has 1 heterocycles. The molecule has 0 spiro atoms. The Balaban J connectivity index is 1.91. The van der Waals surface area contributed by atoms with Crippen LogP contribution in [0.3, 0.4) is 0 Å². The minimum atomic E-state index is -0.352. The number of hydrogen-bond donors (Lipinski definition) is 1. The molecule has 116 valence electrons. The molecule has 0 fully saturated rings. The molecule has 0 atom stereocenters. The second-order valence-electron chi connectivity index (χ2n) is 4.57. The van der Waals surface area contributed by atoms with Crippen LogP contribution in [-0.2, 0) is 0 Å². The Kier molecular flexibility index (Phi) is 4.20. The fourth-order valence-corrected chi connectivity index (χ4v) is 2.25. The first-order valence-electron chi connectivity index (χ1n) is 6.66. The Labute approximate surface area is 136 Å². The van der Waals surface area contributed by atoms with Crippen LogP contribution in [0.4, 0.5) is 5.69 Å². The van der Waals surface area contributed by atoms with Gasteiger partial charge in [-0.05, 0) is 40.8 Å². The number of tetrazole rings is 1. The van der Waals surface area contributed by atoms with Crippen molar-refractivity contribution in [3.63, 3.8) is 0 Å².